The molecule has 0 saturated heterocycles. The highest BCUT2D eigenvalue weighted by Gasteiger charge is 2.48. The number of nitrogens with zero attached hydrogens (tertiary/aromatic N) is 2. The Kier molecular flexibility index (Phi) is 3.46. The number of benzene rings is 1. The smallest absolute Gasteiger partial charge is 0.180 e. The van der Waals surface area contributed by atoms with Gasteiger partial charge in [0, 0.05) is 13.0 Å². The highest BCUT2D eigenvalue weighted by Crippen LogP contribution is 2.45. The molecule has 0 heterocycles. The lowest BCUT2D eigenvalue weighted by atomic mass is 9.66. The summed E-state index contributed by atoms with van der Waals surface area (Å²) >= 11 is 0. The second-order valence-electron chi connectivity index (χ2n) is 4.38. The fourth-order valence-corrected chi connectivity index (χ4v) is 2.53. The van der Waals surface area contributed by atoms with Crippen LogP contribution in [-0.4, -0.2) is 13.2 Å². The van der Waals surface area contributed by atoms with Crippen molar-refractivity contribution in [3.8, 4) is 12.1 Å². The molecule has 1 aliphatic rings. The summed E-state index contributed by atoms with van der Waals surface area (Å²) in [6.07, 6.45) is 4.00. The Bertz CT molecular complexity index is 508. The van der Waals surface area contributed by atoms with Gasteiger partial charge in [0.1, 0.15) is 6.10 Å². The minimum Gasteiger partial charge on any atom is -0.375 e. The molecule has 1 aromatic carbocycles. The predicted octanol–water partition coefficient (Wildman–Crippen LogP) is 2.78. The molecule has 0 spiro atoms. The second-order valence-corrected chi connectivity index (χ2v) is 4.38. The molecule has 3 heteroatoms. The Labute approximate surface area is 107 Å². The molecule has 90 valence electrons. The highest BCUT2D eigenvalue weighted by molar-refractivity contribution is 5.37. The fourth-order valence-electron chi connectivity index (χ4n) is 2.53. The van der Waals surface area contributed by atoms with Gasteiger partial charge in [0.05, 0.1) is 12.1 Å². The monoisotopic (exact) mass is 238 g/mol. The quantitative estimate of drug-likeness (QED) is 0.744. The number of rotatable bonds is 2. The van der Waals surface area contributed by atoms with Crippen molar-refractivity contribution in [2.24, 2.45) is 5.41 Å². The number of allylic oxidation sites excluding steroid dienone is 1. The third kappa shape index (κ3) is 1.79. The van der Waals surface area contributed by atoms with Crippen molar-refractivity contribution in [3.63, 3.8) is 0 Å². The number of nitriles is 2. The molecule has 3 nitrogen and oxygen atoms in total. The van der Waals surface area contributed by atoms with Gasteiger partial charge in [-0.1, -0.05) is 42.5 Å². The van der Waals surface area contributed by atoms with Crippen molar-refractivity contribution in [1.29, 1.82) is 10.5 Å². The van der Waals surface area contributed by atoms with Gasteiger partial charge in [-0.2, -0.15) is 10.5 Å². The van der Waals surface area contributed by atoms with Crippen molar-refractivity contribution in [2.75, 3.05) is 7.11 Å². The van der Waals surface area contributed by atoms with E-state index in [4.69, 9.17) is 4.74 Å². The summed E-state index contributed by atoms with van der Waals surface area (Å²) < 4.78 is 5.31. The lowest BCUT2D eigenvalue weighted by Crippen LogP contribution is -2.40. The first-order chi connectivity index (χ1) is 8.78. The first kappa shape index (κ1) is 12.4. The molecule has 0 aromatic heterocycles. The summed E-state index contributed by atoms with van der Waals surface area (Å²) in [7, 11) is 1.53. The molecule has 0 unspecified atom stereocenters. The number of hydrogen-bond acceptors (Lipinski definition) is 3. The zero-order valence-corrected chi connectivity index (χ0v) is 10.2. The molecule has 1 aromatic rings. The number of methoxy groups -OCH3 is 1. The van der Waals surface area contributed by atoms with Gasteiger partial charge in [0.25, 0.3) is 0 Å². The van der Waals surface area contributed by atoms with Crippen LogP contribution in [-0.2, 0) is 4.74 Å². The molecule has 0 bridgehead atoms. The third-order valence-corrected chi connectivity index (χ3v) is 3.51. The number of ether oxygens (including phenoxy) is 1. The molecule has 0 fully saturated rings. The van der Waals surface area contributed by atoms with Crippen molar-refractivity contribution >= 4 is 0 Å². The standard InChI is InChI=1S/C15H14N2O/c1-18-14-9-5-8-13(15(14,10-16)11-17)12-6-3-2-4-7-12/h2-7,9,13-14H,8H2,1H3/t13-,14+/m0/s1. The van der Waals surface area contributed by atoms with Gasteiger partial charge >= 0.3 is 0 Å². The molecule has 0 amide bonds. The normalized spacial score (nSPS) is 25.1. The molecule has 2 atom stereocenters. The Hall–Kier alpha value is -2.10. The van der Waals surface area contributed by atoms with Crippen LogP contribution in [0.15, 0.2) is 42.5 Å². The molecule has 0 N–H and O–H groups in total. The summed E-state index contributed by atoms with van der Waals surface area (Å²) in [6, 6.07) is 14.1. The van der Waals surface area contributed by atoms with E-state index in [1.54, 1.807) is 0 Å². The van der Waals surface area contributed by atoms with Crippen molar-refractivity contribution in [1.82, 2.24) is 0 Å². The van der Waals surface area contributed by atoms with Crippen LogP contribution in [0, 0.1) is 28.1 Å². The van der Waals surface area contributed by atoms with Gasteiger partial charge in [0.2, 0.25) is 0 Å². The number of hydrogen-bond donors (Lipinski definition) is 0. The van der Waals surface area contributed by atoms with Gasteiger partial charge in [-0.25, -0.2) is 0 Å². The Balaban J connectivity index is 2.51. The van der Waals surface area contributed by atoms with Crippen LogP contribution in [0.25, 0.3) is 0 Å². The molecule has 2 rings (SSSR count). The largest absolute Gasteiger partial charge is 0.375 e. The van der Waals surface area contributed by atoms with E-state index in [1.165, 1.54) is 7.11 Å². The minimum absolute atomic E-state index is 0.149. The van der Waals surface area contributed by atoms with Gasteiger partial charge in [-0.05, 0) is 12.0 Å². The van der Waals surface area contributed by atoms with Crippen LogP contribution in [0.4, 0.5) is 0 Å². The zero-order valence-electron chi connectivity index (χ0n) is 10.2. The molecule has 0 saturated carbocycles. The summed E-state index contributed by atoms with van der Waals surface area (Å²) in [5.41, 5.74) is -0.141. The lowest BCUT2D eigenvalue weighted by Gasteiger charge is -2.36. The Morgan fingerprint density at radius 2 is 1.89 bits per heavy atom. The van der Waals surface area contributed by atoms with Crippen molar-refractivity contribution in [2.45, 2.75) is 18.4 Å². The van der Waals surface area contributed by atoms with E-state index in [9.17, 15) is 10.5 Å². The van der Waals surface area contributed by atoms with Crippen LogP contribution < -0.4 is 0 Å². The first-order valence-corrected chi connectivity index (χ1v) is 5.85. The average molecular weight is 238 g/mol. The summed E-state index contributed by atoms with van der Waals surface area (Å²) in [4.78, 5) is 0. The maximum Gasteiger partial charge on any atom is 0.180 e. The fraction of sp³-hybridized carbons (Fsp3) is 0.333. The van der Waals surface area contributed by atoms with Crippen LogP contribution in [0.1, 0.15) is 17.9 Å². The van der Waals surface area contributed by atoms with E-state index in [1.807, 2.05) is 42.5 Å². The van der Waals surface area contributed by atoms with Gasteiger partial charge < -0.3 is 4.74 Å². The average Bonchev–Trinajstić information content (AvgIpc) is 2.47. The SMILES string of the molecule is CO[C@@H]1C=CC[C@@H](c2ccccc2)C1(C#N)C#N. The third-order valence-electron chi connectivity index (χ3n) is 3.51. The predicted molar refractivity (Wildman–Crippen MR) is 67.4 cm³/mol. The van der Waals surface area contributed by atoms with Gasteiger partial charge in [-0.15, -0.1) is 0 Å². The summed E-state index contributed by atoms with van der Waals surface area (Å²) in [5, 5.41) is 19.0. The maximum absolute atomic E-state index is 9.49. The Morgan fingerprint density at radius 1 is 1.22 bits per heavy atom. The molecule has 18 heavy (non-hydrogen) atoms. The minimum atomic E-state index is -1.15. The molecule has 0 aliphatic heterocycles. The van der Waals surface area contributed by atoms with Crippen LogP contribution >= 0.6 is 0 Å². The van der Waals surface area contributed by atoms with Crippen molar-refractivity contribution < 1.29 is 4.74 Å². The van der Waals surface area contributed by atoms with E-state index in [-0.39, 0.29) is 5.92 Å². The topological polar surface area (TPSA) is 56.8 Å². The van der Waals surface area contributed by atoms with Gasteiger partial charge in [-0.3, -0.25) is 0 Å². The van der Waals surface area contributed by atoms with E-state index in [0.717, 1.165) is 5.56 Å². The van der Waals surface area contributed by atoms with Gasteiger partial charge in [0.15, 0.2) is 5.41 Å². The summed E-state index contributed by atoms with van der Waals surface area (Å²) in [6.45, 7) is 0. The molecular weight excluding hydrogens is 224 g/mol. The van der Waals surface area contributed by atoms with Crippen LogP contribution in [0.2, 0.25) is 0 Å². The van der Waals surface area contributed by atoms with E-state index < -0.39 is 11.5 Å². The molecular formula is C15H14N2O. The van der Waals surface area contributed by atoms with Crippen LogP contribution in [0.3, 0.4) is 0 Å². The highest BCUT2D eigenvalue weighted by atomic mass is 16.5. The van der Waals surface area contributed by atoms with E-state index in [2.05, 4.69) is 12.1 Å². The lowest BCUT2D eigenvalue weighted by molar-refractivity contribution is 0.0617. The second kappa shape index (κ2) is 5.04. The van der Waals surface area contributed by atoms with E-state index in [0.29, 0.717) is 6.42 Å². The van der Waals surface area contributed by atoms with Crippen LogP contribution in [0.5, 0.6) is 0 Å². The summed E-state index contributed by atoms with van der Waals surface area (Å²) in [5.74, 6) is -0.149. The maximum atomic E-state index is 9.49. The Morgan fingerprint density at radius 3 is 2.44 bits per heavy atom. The zero-order chi connectivity index (χ0) is 13.0. The van der Waals surface area contributed by atoms with E-state index >= 15 is 0 Å². The van der Waals surface area contributed by atoms with Crippen molar-refractivity contribution in [3.05, 3.63) is 48.0 Å². The first-order valence-electron chi connectivity index (χ1n) is 5.85. The molecule has 0 radical (unpaired) electrons. The molecule has 1 aliphatic carbocycles.